The van der Waals surface area contributed by atoms with Gasteiger partial charge in [0, 0.05) is 18.5 Å². The van der Waals surface area contributed by atoms with E-state index >= 15 is 0 Å². The van der Waals surface area contributed by atoms with Crippen molar-refractivity contribution in [2.24, 2.45) is 0 Å². The van der Waals surface area contributed by atoms with Gasteiger partial charge in [0.15, 0.2) is 11.5 Å². The number of carbonyl (C=O) groups is 1. The van der Waals surface area contributed by atoms with Crippen LogP contribution in [0.4, 0.5) is 0 Å². The van der Waals surface area contributed by atoms with Gasteiger partial charge in [-0.3, -0.25) is 0 Å². The third-order valence-electron chi connectivity index (χ3n) is 6.71. The molecule has 2 aromatic carbocycles. The van der Waals surface area contributed by atoms with Crippen molar-refractivity contribution in [1.29, 1.82) is 0 Å². The molecule has 1 unspecified atom stereocenters. The van der Waals surface area contributed by atoms with Gasteiger partial charge in [0.25, 0.3) is 0 Å². The molecule has 2 aromatic rings. The first-order valence-corrected chi connectivity index (χ1v) is 10.6. The molecule has 162 valence electrons. The van der Waals surface area contributed by atoms with Crippen molar-refractivity contribution in [3.63, 3.8) is 0 Å². The standard InChI is InChI=1S/C25H27NO5/c1-26-13-12-25-11-10-19(30-24(27)16-4-7-18(28-2)8-5-16)14-21(25)31-23-20(29-3)9-6-17(15-26)22(23)25/h4-11,19,21H,12-15H2,1-3H3/t19-,21?,25-/m0/s1. The smallest absolute Gasteiger partial charge is 0.338 e. The topological polar surface area (TPSA) is 57.2 Å². The largest absolute Gasteiger partial charge is 0.497 e. The molecule has 0 radical (unpaired) electrons. The van der Waals surface area contributed by atoms with Gasteiger partial charge in [0.2, 0.25) is 0 Å². The molecule has 0 bridgehead atoms. The highest BCUT2D eigenvalue weighted by Crippen LogP contribution is 2.55. The van der Waals surface area contributed by atoms with Crippen LogP contribution in [-0.4, -0.2) is 50.9 Å². The molecule has 0 saturated carbocycles. The lowest BCUT2D eigenvalue weighted by molar-refractivity contribution is 0.0218. The Hall–Kier alpha value is -2.99. The molecule has 6 heteroatoms. The van der Waals surface area contributed by atoms with Crippen LogP contribution in [0.1, 0.15) is 34.3 Å². The summed E-state index contributed by atoms with van der Waals surface area (Å²) in [4.78, 5) is 15.0. The van der Waals surface area contributed by atoms with Crippen molar-refractivity contribution in [2.45, 2.75) is 37.0 Å². The molecular weight excluding hydrogens is 394 g/mol. The van der Waals surface area contributed by atoms with Crippen LogP contribution in [0.3, 0.4) is 0 Å². The molecule has 6 nitrogen and oxygen atoms in total. The average molecular weight is 421 g/mol. The quantitative estimate of drug-likeness (QED) is 0.554. The molecule has 2 aliphatic heterocycles. The monoisotopic (exact) mass is 421 g/mol. The number of hydrogen-bond donors (Lipinski definition) is 0. The van der Waals surface area contributed by atoms with E-state index in [0.717, 1.165) is 31.0 Å². The molecule has 0 fully saturated rings. The van der Waals surface area contributed by atoms with Crippen molar-refractivity contribution in [1.82, 2.24) is 4.90 Å². The van der Waals surface area contributed by atoms with Crippen LogP contribution in [-0.2, 0) is 16.7 Å². The maximum Gasteiger partial charge on any atom is 0.338 e. The first-order chi connectivity index (χ1) is 15.0. The summed E-state index contributed by atoms with van der Waals surface area (Å²) in [5.74, 6) is 1.96. The molecule has 0 aromatic heterocycles. The molecule has 3 aliphatic rings. The van der Waals surface area contributed by atoms with E-state index in [1.165, 1.54) is 11.1 Å². The Labute approximate surface area is 182 Å². The first-order valence-electron chi connectivity index (χ1n) is 10.6. The van der Waals surface area contributed by atoms with Gasteiger partial charge in [-0.05, 0) is 62.0 Å². The highest BCUT2D eigenvalue weighted by atomic mass is 16.6. The molecule has 0 amide bonds. The predicted octanol–water partition coefficient (Wildman–Crippen LogP) is 3.72. The minimum Gasteiger partial charge on any atom is -0.497 e. The van der Waals surface area contributed by atoms with E-state index in [-0.39, 0.29) is 23.6 Å². The summed E-state index contributed by atoms with van der Waals surface area (Å²) in [6.07, 6.45) is 5.38. The zero-order valence-corrected chi connectivity index (χ0v) is 18.1. The fraction of sp³-hybridized carbons (Fsp3) is 0.400. The Morgan fingerprint density at radius 2 is 1.94 bits per heavy atom. The second-order valence-electron chi connectivity index (χ2n) is 8.53. The number of esters is 1. The molecule has 2 heterocycles. The van der Waals surface area contributed by atoms with Crippen LogP contribution in [0.25, 0.3) is 0 Å². The third kappa shape index (κ3) is 3.26. The van der Waals surface area contributed by atoms with Crippen LogP contribution in [0.2, 0.25) is 0 Å². The van der Waals surface area contributed by atoms with Crippen molar-refractivity contribution < 1.29 is 23.7 Å². The Morgan fingerprint density at radius 3 is 2.68 bits per heavy atom. The zero-order valence-electron chi connectivity index (χ0n) is 18.1. The lowest BCUT2D eigenvalue weighted by Crippen LogP contribution is -2.43. The summed E-state index contributed by atoms with van der Waals surface area (Å²) < 4.78 is 23.1. The van der Waals surface area contributed by atoms with E-state index in [2.05, 4.69) is 24.1 Å². The fourth-order valence-electron chi connectivity index (χ4n) is 5.09. The predicted molar refractivity (Wildman–Crippen MR) is 116 cm³/mol. The maximum atomic E-state index is 12.7. The number of nitrogens with zero attached hydrogens (tertiary/aromatic N) is 1. The molecule has 0 saturated heterocycles. The van der Waals surface area contributed by atoms with E-state index in [0.29, 0.717) is 17.7 Å². The summed E-state index contributed by atoms with van der Waals surface area (Å²) >= 11 is 0. The number of hydrogen-bond acceptors (Lipinski definition) is 6. The van der Waals surface area contributed by atoms with E-state index in [4.69, 9.17) is 18.9 Å². The second kappa shape index (κ2) is 7.61. The van der Waals surface area contributed by atoms with Gasteiger partial charge in [0.1, 0.15) is 18.0 Å². The number of methoxy groups -OCH3 is 2. The van der Waals surface area contributed by atoms with Crippen molar-refractivity contribution >= 4 is 5.97 Å². The SMILES string of the molecule is COc1ccc(C(=O)O[C@H]2C=C[C@@]34CCN(C)Cc5ccc(OC)c(c53)OC4C2)cc1. The van der Waals surface area contributed by atoms with E-state index in [1.54, 1.807) is 38.5 Å². The molecule has 1 aliphatic carbocycles. The molecule has 5 rings (SSSR count). The second-order valence-corrected chi connectivity index (χ2v) is 8.53. The fourth-order valence-corrected chi connectivity index (χ4v) is 5.09. The van der Waals surface area contributed by atoms with E-state index < -0.39 is 0 Å². The van der Waals surface area contributed by atoms with E-state index in [9.17, 15) is 4.79 Å². The summed E-state index contributed by atoms with van der Waals surface area (Å²) in [5.41, 5.74) is 2.80. The molecule has 0 N–H and O–H groups in total. The summed E-state index contributed by atoms with van der Waals surface area (Å²) in [6.45, 7) is 1.85. The Bertz CT molecular complexity index is 1030. The summed E-state index contributed by atoms with van der Waals surface area (Å²) in [7, 11) is 5.42. The normalized spacial score (nSPS) is 26.3. The molecule has 3 atom stereocenters. The van der Waals surface area contributed by atoms with Crippen molar-refractivity contribution in [2.75, 3.05) is 27.8 Å². The van der Waals surface area contributed by atoms with Gasteiger partial charge in [0.05, 0.1) is 25.2 Å². The zero-order chi connectivity index (χ0) is 21.6. The summed E-state index contributed by atoms with van der Waals surface area (Å²) in [6, 6.07) is 11.1. The highest BCUT2D eigenvalue weighted by molar-refractivity contribution is 5.89. The van der Waals surface area contributed by atoms with Gasteiger partial charge in [-0.2, -0.15) is 0 Å². The number of carbonyl (C=O) groups excluding carboxylic acids is 1. The Kier molecular flexibility index (Phi) is 4.89. The highest BCUT2D eigenvalue weighted by Gasteiger charge is 2.53. The average Bonchev–Trinajstić information content (AvgIpc) is 3.05. The lowest BCUT2D eigenvalue weighted by Gasteiger charge is -2.36. The Morgan fingerprint density at radius 1 is 1.13 bits per heavy atom. The van der Waals surface area contributed by atoms with Gasteiger partial charge >= 0.3 is 5.97 Å². The van der Waals surface area contributed by atoms with Crippen LogP contribution in [0, 0.1) is 0 Å². The number of benzene rings is 2. The third-order valence-corrected chi connectivity index (χ3v) is 6.71. The van der Waals surface area contributed by atoms with Crippen LogP contribution >= 0.6 is 0 Å². The van der Waals surface area contributed by atoms with Gasteiger partial charge in [-0.25, -0.2) is 4.79 Å². The lowest BCUT2D eigenvalue weighted by atomic mass is 9.69. The first kappa shape index (κ1) is 19.9. The summed E-state index contributed by atoms with van der Waals surface area (Å²) in [5, 5.41) is 0. The van der Waals surface area contributed by atoms with Crippen LogP contribution in [0.5, 0.6) is 17.2 Å². The van der Waals surface area contributed by atoms with Crippen LogP contribution in [0.15, 0.2) is 48.6 Å². The molecule has 31 heavy (non-hydrogen) atoms. The number of ether oxygens (including phenoxy) is 4. The molecule has 1 spiro atoms. The maximum absolute atomic E-state index is 12.7. The Balaban J connectivity index is 1.43. The van der Waals surface area contributed by atoms with Gasteiger partial charge in [-0.15, -0.1) is 0 Å². The van der Waals surface area contributed by atoms with Gasteiger partial charge < -0.3 is 23.8 Å². The minimum absolute atomic E-state index is 0.0947. The van der Waals surface area contributed by atoms with Gasteiger partial charge in [-0.1, -0.05) is 12.1 Å². The van der Waals surface area contributed by atoms with Crippen molar-refractivity contribution in [3.05, 3.63) is 65.2 Å². The minimum atomic E-state index is -0.345. The van der Waals surface area contributed by atoms with E-state index in [1.807, 2.05) is 12.1 Å². The molecular formula is C25H27NO5. The number of rotatable bonds is 4. The van der Waals surface area contributed by atoms with Crippen LogP contribution < -0.4 is 14.2 Å². The van der Waals surface area contributed by atoms with Crippen molar-refractivity contribution in [3.8, 4) is 17.2 Å².